The van der Waals surface area contributed by atoms with Crippen molar-refractivity contribution in [1.82, 2.24) is 4.90 Å². The minimum absolute atomic E-state index is 0.131. The predicted octanol–water partition coefficient (Wildman–Crippen LogP) is 3.14. The van der Waals surface area contributed by atoms with Crippen LogP contribution in [0.4, 0.5) is 0 Å². The molecule has 0 saturated carbocycles. The highest BCUT2D eigenvalue weighted by molar-refractivity contribution is 5.82. The lowest BCUT2D eigenvalue weighted by atomic mass is 9.99. The van der Waals surface area contributed by atoms with Crippen molar-refractivity contribution in [1.29, 1.82) is 0 Å². The first-order valence-electron chi connectivity index (χ1n) is 7.46. The third-order valence-corrected chi connectivity index (χ3v) is 3.54. The summed E-state index contributed by atoms with van der Waals surface area (Å²) in [6.07, 6.45) is 5.48. The van der Waals surface area contributed by atoms with Crippen LogP contribution in [0, 0.1) is 0 Å². The molecule has 0 saturated heterocycles. The van der Waals surface area contributed by atoms with Crippen LogP contribution < -0.4 is 0 Å². The van der Waals surface area contributed by atoms with E-state index in [0.717, 1.165) is 11.1 Å². The quantitative estimate of drug-likeness (QED) is 0.598. The van der Waals surface area contributed by atoms with Gasteiger partial charge in [-0.05, 0) is 19.4 Å². The second-order valence-electron chi connectivity index (χ2n) is 5.24. The average molecular weight is 298 g/mol. The Balaban J connectivity index is 2.26. The topological polar surface area (TPSA) is 41.9 Å². The molecule has 0 spiro atoms. The Morgan fingerprint density at radius 2 is 2.14 bits per heavy atom. The van der Waals surface area contributed by atoms with Crippen LogP contribution in [-0.4, -0.2) is 36.4 Å². The van der Waals surface area contributed by atoms with Gasteiger partial charge in [-0.25, -0.2) is 4.79 Å². The molecule has 0 aliphatic carbocycles. The van der Waals surface area contributed by atoms with E-state index in [2.05, 4.69) is 16.5 Å². The summed E-state index contributed by atoms with van der Waals surface area (Å²) in [6, 6.07) is 9.30. The van der Waals surface area contributed by atoms with Gasteiger partial charge in [0.1, 0.15) is 0 Å². The van der Waals surface area contributed by atoms with E-state index < -0.39 is 6.04 Å². The van der Waals surface area contributed by atoms with Crippen LogP contribution in [-0.2, 0) is 9.53 Å². The summed E-state index contributed by atoms with van der Waals surface area (Å²) in [5.41, 5.74) is 2.22. The van der Waals surface area contributed by atoms with E-state index in [4.69, 9.17) is 4.74 Å². The molecule has 1 heterocycles. The third-order valence-electron chi connectivity index (χ3n) is 3.54. The lowest BCUT2D eigenvalue weighted by Crippen LogP contribution is -2.34. The van der Waals surface area contributed by atoms with Crippen LogP contribution >= 0.6 is 0 Å². The van der Waals surface area contributed by atoms with Crippen molar-refractivity contribution in [3.8, 4) is 0 Å². The molecule has 2 rings (SSSR count). The zero-order valence-electron chi connectivity index (χ0n) is 13.1. The van der Waals surface area contributed by atoms with Crippen molar-refractivity contribution in [3.05, 3.63) is 60.2 Å². The Kier molecular flexibility index (Phi) is 5.53. The molecule has 0 fully saturated rings. The van der Waals surface area contributed by atoms with Crippen molar-refractivity contribution in [3.63, 3.8) is 0 Å². The fourth-order valence-electron chi connectivity index (χ4n) is 2.61. The molecule has 1 aliphatic heterocycles. The summed E-state index contributed by atoms with van der Waals surface area (Å²) >= 11 is 0. The Bertz CT molecular complexity index is 578. The molecule has 1 aromatic carbocycles. The zero-order chi connectivity index (χ0) is 15.9. The summed E-state index contributed by atoms with van der Waals surface area (Å²) < 4.78 is 5.17. The van der Waals surface area contributed by atoms with Crippen molar-refractivity contribution < 1.29 is 9.53 Å². The monoisotopic (exact) mass is 298 g/mol. The van der Waals surface area contributed by atoms with E-state index in [-0.39, 0.29) is 12.0 Å². The summed E-state index contributed by atoms with van der Waals surface area (Å²) in [5, 5.41) is 0. The first-order valence-corrected chi connectivity index (χ1v) is 7.46. The molecule has 4 nitrogen and oxygen atoms in total. The van der Waals surface area contributed by atoms with Crippen molar-refractivity contribution >= 4 is 12.3 Å². The molecule has 0 aromatic heterocycles. The highest BCUT2D eigenvalue weighted by Crippen LogP contribution is 2.31. The van der Waals surface area contributed by atoms with Gasteiger partial charge >= 0.3 is 5.97 Å². The fourth-order valence-corrected chi connectivity index (χ4v) is 2.61. The van der Waals surface area contributed by atoms with E-state index in [1.807, 2.05) is 50.3 Å². The number of hydrogen-bond acceptors (Lipinski definition) is 4. The van der Waals surface area contributed by atoms with Gasteiger partial charge in [0.15, 0.2) is 6.04 Å². The van der Waals surface area contributed by atoms with Crippen LogP contribution in [0.5, 0.6) is 0 Å². The van der Waals surface area contributed by atoms with Gasteiger partial charge in [0, 0.05) is 6.54 Å². The maximum atomic E-state index is 12.2. The highest BCUT2D eigenvalue weighted by atomic mass is 16.5. The number of carbonyl (C=O) groups excluding carboxylic acids is 1. The van der Waals surface area contributed by atoms with Gasteiger partial charge in [-0.15, -0.1) is 0 Å². The number of rotatable bonds is 6. The first kappa shape index (κ1) is 16.0. The number of ether oxygens (including phenoxy) is 1. The molecular weight excluding hydrogens is 276 g/mol. The standard InChI is InChI=1S/C18H22N2O2/c1-4-9-14(3)12-20-13-19-16(18(21)22-5-2)17(20)15-10-7-6-8-11-15/h4,6-11,13,16-17H,1,5,12H2,2-3H3/b14-9+. The number of benzene rings is 1. The van der Waals surface area contributed by atoms with Gasteiger partial charge in [0.25, 0.3) is 0 Å². The SMILES string of the molecule is C=C/C=C(\C)CN1C=NC(C(=O)OCC)C1c1ccccc1. The number of hydrogen-bond donors (Lipinski definition) is 0. The molecule has 2 unspecified atom stereocenters. The number of esters is 1. The number of nitrogens with zero attached hydrogens (tertiary/aromatic N) is 2. The second-order valence-corrected chi connectivity index (χ2v) is 5.24. The minimum atomic E-state index is -0.515. The summed E-state index contributed by atoms with van der Waals surface area (Å²) in [4.78, 5) is 18.6. The first-order chi connectivity index (χ1) is 10.7. The van der Waals surface area contributed by atoms with E-state index >= 15 is 0 Å². The lowest BCUT2D eigenvalue weighted by Gasteiger charge is -2.28. The van der Waals surface area contributed by atoms with Crippen LogP contribution in [0.2, 0.25) is 0 Å². The lowest BCUT2D eigenvalue weighted by molar-refractivity contribution is -0.145. The molecule has 4 heteroatoms. The fraction of sp³-hybridized carbons (Fsp3) is 0.333. The van der Waals surface area contributed by atoms with Gasteiger partial charge in [-0.3, -0.25) is 4.99 Å². The molecule has 0 bridgehead atoms. The smallest absolute Gasteiger partial charge is 0.333 e. The van der Waals surface area contributed by atoms with Crippen LogP contribution in [0.25, 0.3) is 0 Å². The average Bonchev–Trinajstić information content (AvgIpc) is 2.92. The van der Waals surface area contributed by atoms with Gasteiger partial charge in [-0.1, -0.05) is 54.6 Å². The molecule has 0 N–H and O–H groups in total. The Morgan fingerprint density at radius 3 is 2.77 bits per heavy atom. The highest BCUT2D eigenvalue weighted by Gasteiger charge is 2.37. The molecule has 116 valence electrons. The maximum absolute atomic E-state index is 12.2. The second kappa shape index (κ2) is 7.59. The van der Waals surface area contributed by atoms with Crippen molar-refractivity contribution in [2.45, 2.75) is 25.9 Å². The Labute approximate surface area is 131 Å². The van der Waals surface area contributed by atoms with Crippen LogP contribution in [0.1, 0.15) is 25.5 Å². The van der Waals surface area contributed by atoms with Crippen LogP contribution in [0.15, 0.2) is 59.6 Å². The normalized spacial score (nSPS) is 21.0. The van der Waals surface area contributed by atoms with E-state index in [0.29, 0.717) is 13.2 Å². The van der Waals surface area contributed by atoms with E-state index in [1.165, 1.54) is 0 Å². The Hall–Kier alpha value is -2.36. The number of carbonyl (C=O) groups is 1. The van der Waals surface area contributed by atoms with E-state index in [9.17, 15) is 4.79 Å². The predicted molar refractivity (Wildman–Crippen MR) is 88.8 cm³/mol. The maximum Gasteiger partial charge on any atom is 0.333 e. The summed E-state index contributed by atoms with van der Waals surface area (Å²) in [7, 11) is 0. The van der Waals surface area contributed by atoms with E-state index in [1.54, 1.807) is 12.4 Å². The molecule has 1 aromatic rings. The molecule has 22 heavy (non-hydrogen) atoms. The Morgan fingerprint density at radius 1 is 1.41 bits per heavy atom. The van der Waals surface area contributed by atoms with Gasteiger partial charge < -0.3 is 9.64 Å². The van der Waals surface area contributed by atoms with Crippen molar-refractivity contribution in [2.24, 2.45) is 4.99 Å². The molecule has 1 aliphatic rings. The molecular formula is C18H22N2O2. The zero-order valence-corrected chi connectivity index (χ0v) is 13.1. The largest absolute Gasteiger partial charge is 0.464 e. The summed E-state index contributed by atoms with van der Waals surface area (Å²) in [5.74, 6) is -0.277. The number of aliphatic imine (C=N–C) groups is 1. The minimum Gasteiger partial charge on any atom is -0.464 e. The molecule has 2 atom stereocenters. The number of allylic oxidation sites excluding steroid dienone is 2. The van der Waals surface area contributed by atoms with Gasteiger partial charge in [0.2, 0.25) is 0 Å². The summed E-state index contributed by atoms with van der Waals surface area (Å²) in [6.45, 7) is 8.62. The van der Waals surface area contributed by atoms with Crippen LogP contribution in [0.3, 0.4) is 0 Å². The van der Waals surface area contributed by atoms with Gasteiger partial charge in [-0.2, -0.15) is 0 Å². The van der Waals surface area contributed by atoms with Gasteiger partial charge in [0.05, 0.1) is 19.0 Å². The third kappa shape index (κ3) is 3.64. The molecule has 0 amide bonds. The van der Waals surface area contributed by atoms with Crippen molar-refractivity contribution in [2.75, 3.05) is 13.2 Å². The molecule has 0 radical (unpaired) electrons.